The maximum Gasteiger partial charge on any atom is 0.112 e. The molecule has 1 aromatic carbocycles. The van der Waals surface area contributed by atoms with Crippen molar-refractivity contribution < 1.29 is 0 Å². The first-order valence-corrected chi connectivity index (χ1v) is 6.53. The van der Waals surface area contributed by atoms with E-state index in [1.165, 1.54) is 17.0 Å². The molecular weight excluding hydrogens is 222 g/mol. The van der Waals surface area contributed by atoms with Gasteiger partial charge in [-0.25, -0.2) is 4.98 Å². The van der Waals surface area contributed by atoms with Crippen LogP contribution in [0.5, 0.6) is 0 Å². The summed E-state index contributed by atoms with van der Waals surface area (Å²) >= 11 is 0. The number of aromatic nitrogens is 2. The van der Waals surface area contributed by atoms with Gasteiger partial charge < -0.3 is 10.3 Å². The molecule has 0 fully saturated rings. The third-order valence-corrected chi connectivity index (χ3v) is 3.65. The molecule has 1 aromatic heterocycles. The van der Waals surface area contributed by atoms with Crippen molar-refractivity contribution in [1.82, 2.24) is 9.55 Å². The quantitative estimate of drug-likeness (QED) is 0.834. The van der Waals surface area contributed by atoms with E-state index in [1.54, 1.807) is 0 Å². The summed E-state index contributed by atoms with van der Waals surface area (Å²) < 4.78 is 2.22. The topological polar surface area (TPSA) is 43.8 Å². The van der Waals surface area contributed by atoms with Gasteiger partial charge in [0, 0.05) is 30.3 Å². The zero-order valence-electron chi connectivity index (χ0n) is 10.9. The first-order valence-electron chi connectivity index (χ1n) is 6.53. The molecule has 2 atom stereocenters. The van der Waals surface area contributed by atoms with Crippen molar-refractivity contribution in [2.75, 3.05) is 0 Å². The third-order valence-electron chi connectivity index (χ3n) is 3.65. The van der Waals surface area contributed by atoms with Gasteiger partial charge in [-0.1, -0.05) is 30.7 Å². The van der Waals surface area contributed by atoms with E-state index in [0.29, 0.717) is 5.92 Å². The minimum absolute atomic E-state index is 0.257. The standard InChI is InChI=1S/C15H19N3/c1-10-4-3-5-12(6-10)14-9-18-8-13(16)7-11(2)15(18)17-14/h3-6,9,11,13H,7-8,16H2,1-2H3. The Balaban J connectivity index is 2.03. The fourth-order valence-corrected chi connectivity index (χ4v) is 2.80. The molecule has 3 rings (SSSR count). The van der Waals surface area contributed by atoms with Crippen molar-refractivity contribution in [1.29, 1.82) is 0 Å². The molecule has 18 heavy (non-hydrogen) atoms. The lowest BCUT2D eigenvalue weighted by Crippen LogP contribution is -2.33. The summed E-state index contributed by atoms with van der Waals surface area (Å²) in [7, 11) is 0. The van der Waals surface area contributed by atoms with Gasteiger partial charge in [-0.15, -0.1) is 0 Å². The number of hydrogen-bond acceptors (Lipinski definition) is 2. The highest BCUT2D eigenvalue weighted by Gasteiger charge is 2.24. The second-order valence-corrected chi connectivity index (χ2v) is 5.40. The highest BCUT2D eigenvalue weighted by atomic mass is 15.1. The minimum Gasteiger partial charge on any atom is -0.332 e. The van der Waals surface area contributed by atoms with Gasteiger partial charge in [0.1, 0.15) is 5.82 Å². The SMILES string of the molecule is Cc1cccc(-c2cn3c(n2)C(C)CC(N)C3)c1. The summed E-state index contributed by atoms with van der Waals surface area (Å²) in [5.74, 6) is 1.63. The van der Waals surface area contributed by atoms with Crippen LogP contribution in [-0.2, 0) is 6.54 Å². The number of benzene rings is 1. The fourth-order valence-electron chi connectivity index (χ4n) is 2.80. The highest BCUT2D eigenvalue weighted by molar-refractivity contribution is 5.59. The van der Waals surface area contributed by atoms with Crippen LogP contribution in [0.4, 0.5) is 0 Å². The molecule has 0 radical (unpaired) electrons. The Bertz CT molecular complexity index is 571. The molecule has 1 aliphatic heterocycles. The first kappa shape index (κ1) is 11.5. The van der Waals surface area contributed by atoms with Crippen molar-refractivity contribution >= 4 is 0 Å². The van der Waals surface area contributed by atoms with Gasteiger partial charge in [-0.05, 0) is 19.4 Å². The maximum atomic E-state index is 6.06. The average Bonchev–Trinajstić information content (AvgIpc) is 2.73. The minimum atomic E-state index is 0.257. The van der Waals surface area contributed by atoms with Crippen molar-refractivity contribution in [3.63, 3.8) is 0 Å². The highest BCUT2D eigenvalue weighted by Crippen LogP contribution is 2.29. The fraction of sp³-hybridized carbons (Fsp3) is 0.400. The van der Waals surface area contributed by atoms with Gasteiger partial charge in [-0.2, -0.15) is 0 Å². The molecule has 2 aromatic rings. The number of rotatable bonds is 1. The largest absolute Gasteiger partial charge is 0.332 e. The van der Waals surface area contributed by atoms with Gasteiger partial charge >= 0.3 is 0 Å². The van der Waals surface area contributed by atoms with Crippen LogP contribution in [0.3, 0.4) is 0 Å². The normalized spacial score (nSPS) is 22.8. The molecule has 0 aliphatic carbocycles. The lowest BCUT2D eigenvalue weighted by molar-refractivity contribution is 0.407. The molecular formula is C15H19N3. The lowest BCUT2D eigenvalue weighted by Gasteiger charge is -2.25. The van der Waals surface area contributed by atoms with Crippen LogP contribution in [0.1, 0.15) is 30.7 Å². The van der Waals surface area contributed by atoms with Gasteiger partial charge in [-0.3, -0.25) is 0 Å². The second-order valence-electron chi connectivity index (χ2n) is 5.40. The summed E-state index contributed by atoms with van der Waals surface area (Å²) in [6.45, 7) is 5.20. The Morgan fingerprint density at radius 1 is 1.39 bits per heavy atom. The Kier molecular flexibility index (Phi) is 2.71. The molecule has 0 bridgehead atoms. The predicted molar refractivity (Wildman–Crippen MR) is 73.4 cm³/mol. The summed E-state index contributed by atoms with van der Waals surface area (Å²) in [6.07, 6.45) is 3.17. The molecule has 94 valence electrons. The Morgan fingerprint density at radius 2 is 2.22 bits per heavy atom. The average molecular weight is 241 g/mol. The van der Waals surface area contributed by atoms with E-state index in [-0.39, 0.29) is 6.04 Å². The summed E-state index contributed by atoms with van der Waals surface area (Å²) in [4.78, 5) is 4.78. The molecule has 2 unspecified atom stereocenters. The van der Waals surface area contributed by atoms with Gasteiger partial charge in [0.2, 0.25) is 0 Å². The first-order chi connectivity index (χ1) is 8.63. The molecule has 1 aliphatic rings. The zero-order chi connectivity index (χ0) is 12.7. The molecule has 2 N–H and O–H groups in total. The van der Waals surface area contributed by atoms with Crippen LogP contribution < -0.4 is 5.73 Å². The van der Waals surface area contributed by atoms with Crippen LogP contribution in [0.15, 0.2) is 30.5 Å². The predicted octanol–water partition coefficient (Wildman–Crippen LogP) is 2.69. The van der Waals surface area contributed by atoms with E-state index < -0.39 is 0 Å². The van der Waals surface area contributed by atoms with Gasteiger partial charge in [0.25, 0.3) is 0 Å². The Hall–Kier alpha value is -1.61. The smallest absolute Gasteiger partial charge is 0.112 e. The van der Waals surface area contributed by atoms with Crippen LogP contribution in [0, 0.1) is 6.92 Å². The summed E-state index contributed by atoms with van der Waals surface area (Å²) in [5.41, 5.74) is 9.59. The van der Waals surface area contributed by atoms with Gasteiger partial charge in [0.15, 0.2) is 0 Å². The van der Waals surface area contributed by atoms with Crippen LogP contribution in [0.25, 0.3) is 11.3 Å². The van der Waals surface area contributed by atoms with E-state index in [4.69, 9.17) is 10.7 Å². The molecule has 0 saturated carbocycles. The zero-order valence-corrected chi connectivity index (χ0v) is 10.9. The van der Waals surface area contributed by atoms with Crippen molar-refractivity contribution in [2.24, 2.45) is 5.73 Å². The monoisotopic (exact) mass is 241 g/mol. The molecule has 0 amide bonds. The lowest BCUT2D eigenvalue weighted by atomic mass is 9.98. The number of nitrogens with two attached hydrogens (primary N) is 1. The molecule has 2 heterocycles. The van der Waals surface area contributed by atoms with Crippen molar-refractivity contribution in [3.8, 4) is 11.3 Å². The molecule has 0 saturated heterocycles. The summed E-state index contributed by atoms with van der Waals surface area (Å²) in [6, 6.07) is 8.74. The molecule has 3 nitrogen and oxygen atoms in total. The second kappa shape index (κ2) is 4.25. The number of hydrogen-bond donors (Lipinski definition) is 1. The van der Waals surface area contributed by atoms with Crippen LogP contribution >= 0.6 is 0 Å². The Labute approximate surface area is 108 Å². The number of imidazole rings is 1. The van der Waals surface area contributed by atoms with Crippen molar-refractivity contribution in [2.45, 2.75) is 38.8 Å². The maximum absolute atomic E-state index is 6.06. The van der Waals surface area contributed by atoms with Gasteiger partial charge in [0.05, 0.1) is 5.69 Å². The van der Waals surface area contributed by atoms with Crippen LogP contribution in [-0.4, -0.2) is 15.6 Å². The van der Waals surface area contributed by atoms with E-state index in [2.05, 4.69) is 48.9 Å². The van der Waals surface area contributed by atoms with E-state index in [1.807, 2.05) is 0 Å². The molecule has 0 spiro atoms. The number of aryl methyl sites for hydroxylation is 1. The number of nitrogens with zero attached hydrogens (tertiary/aromatic N) is 2. The van der Waals surface area contributed by atoms with E-state index in [9.17, 15) is 0 Å². The third kappa shape index (κ3) is 1.95. The van der Waals surface area contributed by atoms with E-state index >= 15 is 0 Å². The van der Waals surface area contributed by atoms with Crippen LogP contribution in [0.2, 0.25) is 0 Å². The van der Waals surface area contributed by atoms with Crippen molar-refractivity contribution in [3.05, 3.63) is 41.9 Å². The summed E-state index contributed by atoms with van der Waals surface area (Å²) in [5, 5.41) is 0. The number of fused-ring (bicyclic) bond motifs is 1. The Morgan fingerprint density at radius 3 is 3.00 bits per heavy atom. The molecule has 3 heteroatoms. The van der Waals surface area contributed by atoms with E-state index in [0.717, 1.165) is 18.7 Å².